The van der Waals surface area contributed by atoms with Crippen LogP contribution >= 0.6 is 22.9 Å². The third kappa shape index (κ3) is 2.96. The first-order valence-corrected chi connectivity index (χ1v) is 8.35. The second kappa shape index (κ2) is 6.15. The summed E-state index contributed by atoms with van der Waals surface area (Å²) in [6.07, 6.45) is 3.80. The van der Waals surface area contributed by atoms with Gasteiger partial charge in [-0.05, 0) is 25.8 Å². The number of piperidine rings is 1. The van der Waals surface area contributed by atoms with Crippen LogP contribution in [0.1, 0.15) is 41.9 Å². The maximum Gasteiger partial charge on any atom is 0.254 e. The molecular weight excluding hydrogens is 308 g/mol. The molecule has 21 heavy (non-hydrogen) atoms. The van der Waals surface area contributed by atoms with Crippen LogP contribution in [0.2, 0.25) is 4.34 Å². The van der Waals surface area contributed by atoms with Gasteiger partial charge in [-0.2, -0.15) is 0 Å². The number of aryl methyl sites for hydroxylation is 1. The van der Waals surface area contributed by atoms with E-state index in [0.717, 1.165) is 31.8 Å². The molecule has 1 fully saturated rings. The van der Waals surface area contributed by atoms with E-state index >= 15 is 0 Å². The monoisotopic (exact) mass is 324 g/mol. The van der Waals surface area contributed by atoms with Gasteiger partial charge in [0.2, 0.25) is 0 Å². The second-order valence-corrected chi connectivity index (χ2v) is 6.75. The first-order chi connectivity index (χ1) is 10.2. The molecule has 5 nitrogen and oxygen atoms in total. The van der Waals surface area contributed by atoms with Gasteiger partial charge in [-0.3, -0.25) is 4.79 Å². The molecule has 0 aromatic carbocycles. The van der Waals surface area contributed by atoms with Gasteiger partial charge < -0.3 is 9.47 Å². The van der Waals surface area contributed by atoms with Crippen molar-refractivity contribution in [3.05, 3.63) is 33.5 Å². The summed E-state index contributed by atoms with van der Waals surface area (Å²) in [4.78, 5) is 14.4. The summed E-state index contributed by atoms with van der Waals surface area (Å²) in [5.41, 5.74) is 0.683. The summed E-state index contributed by atoms with van der Waals surface area (Å²) < 4.78 is 2.71. The summed E-state index contributed by atoms with van der Waals surface area (Å²) in [7, 11) is 0. The first-order valence-electron chi connectivity index (χ1n) is 7.10. The molecule has 7 heteroatoms. The summed E-state index contributed by atoms with van der Waals surface area (Å²) in [6.45, 7) is 4.42. The molecule has 1 aliphatic rings. The van der Waals surface area contributed by atoms with Gasteiger partial charge in [0.25, 0.3) is 5.91 Å². The van der Waals surface area contributed by atoms with Crippen molar-refractivity contribution in [3.63, 3.8) is 0 Å². The van der Waals surface area contributed by atoms with Crippen LogP contribution in [0.3, 0.4) is 0 Å². The molecule has 3 heterocycles. The molecule has 1 amide bonds. The minimum absolute atomic E-state index is 0.0606. The van der Waals surface area contributed by atoms with Gasteiger partial charge in [0.15, 0.2) is 0 Å². The average Bonchev–Trinajstić information content (AvgIpc) is 3.15. The van der Waals surface area contributed by atoms with Crippen LogP contribution in [0.5, 0.6) is 0 Å². The first kappa shape index (κ1) is 14.5. The predicted molar refractivity (Wildman–Crippen MR) is 82.9 cm³/mol. The number of halogens is 1. The van der Waals surface area contributed by atoms with Gasteiger partial charge in [0, 0.05) is 30.9 Å². The zero-order valence-corrected chi connectivity index (χ0v) is 13.4. The maximum absolute atomic E-state index is 12.5. The van der Waals surface area contributed by atoms with Gasteiger partial charge in [0.05, 0.1) is 9.90 Å². The van der Waals surface area contributed by atoms with E-state index in [1.165, 1.54) is 11.3 Å². The molecule has 1 aliphatic heterocycles. The third-order valence-corrected chi connectivity index (χ3v) is 4.97. The highest BCUT2D eigenvalue weighted by Crippen LogP contribution is 2.28. The lowest BCUT2D eigenvalue weighted by molar-refractivity contribution is 0.0704. The van der Waals surface area contributed by atoms with Crippen molar-refractivity contribution < 1.29 is 4.79 Å². The molecular formula is C14H17ClN4OS. The molecule has 0 saturated carbocycles. The number of nitrogens with zero attached hydrogens (tertiary/aromatic N) is 4. The Bertz CT molecular complexity index is 638. The predicted octanol–water partition coefficient (Wildman–Crippen LogP) is 3.03. The second-order valence-electron chi connectivity index (χ2n) is 5.20. The van der Waals surface area contributed by atoms with Crippen LogP contribution in [0, 0.1) is 0 Å². The topological polar surface area (TPSA) is 51.0 Å². The quantitative estimate of drug-likeness (QED) is 0.872. The van der Waals surface area contributed by atoms with Crippen molar-refractivity contribution in [1.82, 2.24) is 19.7 Å². The highest BCUT2D eigenvalue weighted by atomic mass is 35.5. The smallest absolute Gasteiger partial charge is 0.254 e. The lowest BCUT2D eigenvalue weighted by atomic mass is 9.96. The van der Waals surface area contributed by atoms with Crippen LogP contribution in [-0.4, -0.2) is 38.7 Å². The average molecular weight is 325 g/mol. The molecule has 1 saturated heterocycles. The van der Waals surface area contributed by atoms with Crippen molar-refractivity contribution in [3.8, 4) is 0 Å². The van der Waals surface area contributed by atoms with Gasteiger partial charge in [-0.25, -0.2) is 0 Å². The fraction of sp³-hybridized carbons (Fsp3) is 0.500. The molecule has 1 atom stereocenters. The van der Waals surface area contributed by atoms with Gasteiger partial charge >= 0.3 is 0 Å². The number of carbonyl (C=O) groups is 1. The van der Waals surface area contributed by atoms with Gasteiger partial charge in [0.1, 0.15) is 12.2 Å². The zero-order valence-electron chi connectivity index (χ0n) is 11.8. The lowest BCUT2D eigenvalue weighted by Crippen LogP contribution is -2.39. The Hall–Kier alpha value is -1.40. The van der Waals surface area contributed by atoms with Crippen molar-refractivity contribution >= 4 is 28.8 Å². The van der Waals surface area contributed by atoms with Crippen LogP contribution in [0.4, 0.5) is 0 Å². The molecule has 2 aromatic heterocycles. The normalized spacial score (nSPS) is 19.0. The Morgan fingerprint density at radius 2 is 2.43 bits per heavy atom. The van der Waals surface area contributed by atoms with E-state index in [4.69, 9.17) is 11.6 Å². The Morgan fingerprint density at radius 1 is 1.57 bits per heavy atom. The largest absolute Gasteiger partial charge is 0.338 e. The third-order valence-electron chi connectivity index (χ3n) is 3.87. The molecule has 0 aliphatic carbocycles. The van der Waals surface area contributed by atoms with Crippen molar-refractivity contribution in [2.45, 2.75) is 32.2 Å². The summed E-state index contributed by atoms with van der Waals surface area (Å²) in [5, 5.41) is 10.1. The van der Waals surface area contributed by atoms with Crippen LogP contribution in [0.25, 0.3) is 0 Å². The molecule has 2 aromatic rings. The van der Waals surface area contributed by atoms with Crippen LogP contribution < -0.4 is 0 Å². The molecule has 3 rings (SSSR count). The number of aromatic nitrogens is 3. The number of likely N-dealkylation sites (tertiary alicyclic amines) is 1. The standard InChI is InChI=1S/C14H17ClN4OS/c1-2-18-9-16-17-13(18)10-4-3-5-19(7-10)14(20)11-6-12(15)21-8-11/h6,8-10H,2-5,7H2,1H3/t10-/m0/s1. The highest BCUT2D eigenvalue weighted by Gasteiger charge is 2.28. The van der Waals surface area contributed by atoms with Crippen LogP contribution in [0.15, 0.2) is 17.8 Å². The number of rotatable bonds is 3. The molecule has 0 radical (unpaired) electrons. The number of amides is 1. The van der Waals surface area contributed by atoms with E-state index < -0.39 is 0 Å². The number of thiophene rings is 1. The Morgan fingerprint density at radius 3 is 3.14 bits per heavy atom. The Labute approximate surface area is 132 Å². The zero-order chi connectivity index (χ0) is 14.8. The van der Waals surface area contributed by atoms with Crippen molar-refractivity contribution in [2.75, 3.05) is 13.1 Å². The summed E-state index contributed by atoms with van der Waals surface area (Å²) >= 11 is 7.31. The fourth-order valence-electron chi connectivity index (χ4n) is 2.80. The SMILES string of the molecule is CCn1cnnc1[C@H]1CCCN(C(=O)c2csc(Cl)c2)C1. The van der Waals surface area contributed by atoms with E-state index in [-0.39, 0.29) is 11.8 Å². The highest BCUT2D eigenvalue weighted by molar-refractivity contribution is 7.14. The number of carbonyl (C=O) groups excluding carboxylic acids is 1. The molecule has 0 bridgehead atoms. The van der Waals surface area contributed by atoms with E-state index in [1.807, 2.05) is 10.3 Å². The van der Waals surface area contributed by atoms with E-state index in [1.54, 1.807) is 12.4 Å². The van der Waals surface area contributed by atoms with E-state index in [2.05, 4.69) is 21.7 Å². The minimum atomic E-state index is 0.0606. The van der Waals surface area contributed by atoms with Gasteiger partial charge in [-0.1, -0.05) is 11.6 Å². The molecule has 0 N–H and O–H groups in total. The van der Waals surface area contributed by atoms with Crippen molar-refractivity contribution in [2.24, 2.45) is 0 Å². The van der Waals surface area contributed by atoms with E-state index in [0.29, 0.717) is 16.4 Å². The molecule has 0 unspecified atom stereocenters. The Kier molecular flexibility index (Phi) is 4.26. The Balaban J connectivity index is 1.75. The summed E-state index contributed by atoms with van der Waals surface area (Å²) in [5.74, 6) is 1.31. The summed E-state index contributed by atoms with van der Waals surface area (Å²) in [6, 6.07) is 1.74. The number of hydrogen-bond acceptors (Lipinski definition) is 4. The maximum atomic E-state index is 12.5. The van der Waals surface area contributed by atoms with Gasteiger partial charge in [-0.15, -0.1) is 21.5 Å². The van der Waals surface area contributed by atoms with E-state index in [9.17, 15) is 4.79 Å². The van der Waals surface area contributed by atoms with Crippen molar-refractivity contribution in [1.29, 1.82) is 0 Å². The van der Waals surface area contributed by atoms with Crippen LogP contribution in [-0.2, 0) is 6.54 Å². The molecule has 112 valence electrons. The fourth-order valence-corrected chi connectivity index (χ4v) is 3.66. The molecule has 0 spiro atoms. The number of hydrogen-bond donors (Lipinski definition) is 0. The minimum Gasteiger partial charge on any atom is -0.338 e. The lowest BCUT2D eigenvalue weighted by Gasteiger charge is -2.32.